The second-order valence-corrected chi connectivity index (χ2v) is 3.58. The van der Waals surface area contributed by atoms with Gasteiger partial charge >= 0.3 is 0 Å². The van der Waals surface area contributed by atoms with Crippen LogP contribution in [0.1, 0.15) is 49.8 Å². The summed E-state index contributed by atoms with van der Waals surface area (Å²) in [4.78, 5) is 0. The number of hydrogen-bond donors (Lipinski definition) is 0. The Morgan fingerprint density at radius 3 is 2.82 bits per heavy atom. The molecule has 2 heteroatoms. The van der Waals surface area contributed by atoms with Crippen LogP contribution in [0.15, 0.2) is 10.8 Å². The Morgan fingerprint density at radius 2 is 2.27 bits per heavy atom. The summed E-state index contributed by atoms with van der Waals surface area (Å²) < 4.78 is 4.96. The molecule has 1 heterocycles. The summed E-state index contributed by atoms with van der Waals surface area (Å²) in [5.41, 5.74) is 2.51. The fourth-order valence-corrected chi connectivity index (χ4v) is 1.39. The largest absolute Gasteiger partial charge is 0.364 e. The molecule has 0 amide bonds. The van der Waals surface area contributed by atoms with Crippen LogP contribution in [-0.2, 0) is 0 Å². The van der Waals surface area contributed by atoms with Crippen molar-refractivity contribution in [2.75, 3.05) is 0 Å². The van der Waals surface area contributed by atoms with Crippen molar-refractivity contribution < 1.29 is 4.52 Å². The zero-order valence-corrected chi connectivity index (χ0v) is 7.00. The molecular weight excluding hydrogens is 138 g/mol. The molecule has 1 fully saturated rings. The predicted molar refractivity (Wildman–Crippen MR) is 42.6 cm³/mol. The first-order valence-corrected chi connectivity index (χ1v) is 4.23. The van der Waals surface area contributed by atoms with Gasteiger partial charge in [-0.1, -0.05) is 19.0 Å². The van der Waals surface area contributed by atoms with Crippen LogP contribution in [0.5, 0.6) is 0 Å². The Bertz CT molecular complexity index is 231. The van der Waals surface area contributed by atoms with Crippen molar-refractivity contribution in [3.8, 4) is 0 Å². The van der Waals surface area contributed by atoms with E-state index in [1.54, 1.807) is 0 Å². The quantitative estimate of drug-likeness (QED) is 0.649. The highest BCUT2D eigenvalue weighted by atomic mass is 16.5. The van der Waals surface area contributed by atoms with Crippen molar-refractivity contribution in [1.29, 1.82) is 0 Å². The maximum atomic E-state index is 4.96. The monoisotopic (exact) mass is 151 g/mol. The lowest BCUT2D eigenvalue weighted by Gasteiger charge is -2.00. The Kier molecular flexibility index (Phi) is 1.48. The normalized spacial score (nSPS) is 17.7. The van der Waals surface area contributed by atoms with Crippen molar-refractivity contribution in [1.82, 2.24) is 5.16 Å². The molecule has 1 aliphatic carbocycles. The summed E-state index contributed by atoms with van der Waals surface area (Å²) in [7, 11) is 0. The summed E-state index contributed by atoms with van der Waals surface area (Å²) in [6.07, 6.45) is 4.45. The first-order chi connectivity index (χ1) is 5.29. The van der Waals surface area contributed by atoms with E-state index in [9.17, 15) is 0 Å². The molecule has 0 spiro atoms. The molecule has 2 rings (SSSR count). The van der Waals surface area contributed by atoms with Gasteiger partial charge in [-0.3, -0.25) is 0 Å². The summed E-state index contributed by atoms with van der Waals surface area (Å²) >= 11 is 0. The molecule has 0 unspecified atom stereocenters. The predicted octanol–water partition coefficient (Wildman–Crippen LogP) is 2.68. The topological polar surface area (TPSA) is 26.0 Å². The van der Waals surface area contributed by atoms with Gasteiger partial charge in [0.05, 0.1) is 5.69 Å². The van der Waals surface area contributed by atoms with Gasteiger partial charge in [-0.2, -0.15) is 0 Å². The Morgan fingerprint density at radius 1 is 1.55 bits per heavy atom. The van der Waals surface area contributed by atoms with E-state index in [2.05, 4.69) is 19.0 Å². The van der Waals surface area contributed by atoms with Gasteiger partial charge in [0.2, 0.25) is 0 Å². The van der Waals surface area contributed by atoms with E-state index in [1.165, 1.54) is 18.4 Å². The number of rotatable bonds is 2. The van der Waals surface area contributed by atoms with Gasteiger partial charge in [-0.25, -0.2) is 0 Å². The molecule has 1 aliphatic rings. The highest BCUT2D eigenvalue weighted by Gasteiger charge is 2.29. The summed E-state index contributed by atoms with van der Waals surface area (Å²) in [5, 5.41) is 4.00. The Labute approximate surface area is 66.6 Å². The molecule has 0 N–H and O–H groups in total. The minimum absolute atomic E-state index is 0.504. The van der Waals surface area contributed by atoms with Gasteiger partial charge in [0.15, 0.2) is 0 Å². The van der Waals surface area contributed by atoms with Crippen LogP contribution >= 0.6 is 0 Å². The first-order valence-electron chi connectivity index (χ1n) is 4.23. The SMILES string of the molecule is CC(C)c1nocc1C1CC1. The van der Waals surface area contributed by atoms with E-state index in [-0.39, 0.29) is 0 Å². The zero-order chi connectivity index (χ0) is 7.84. The van der Waals surface area contributed by atoms with E-state index in [1.807, 2.05) is 6.26 Å². The van der Waals surface area contributed by atoms with Gasteiger partial charge < -0.3 is 4.52 Å². The minimum atomic E-state index is 0.504. The second kappa shape index (κ2) is 2.36. The Hall–Kier alpha value is -0.790. The van der Waals surface area contributed by atoms with Crippen LogP contribution in [0.4, 0.5) is 0 Å². The second-order valence-electron chi connectivity index (χ2n) is 3.58. The van der Waals surface area contributed by atoms with Crippen molar-refractivity contribution in [2.45, 2.75) is 38.5 Å². The molecule has 0 bridgehead atoms. The molecular formula is C9H13NO. The molecule has 0 aromatic carbocycles. The summed E-state index contributed by atoms with van der Waals surface area (Å²) in [6, 6.07) is 0. The standard InChI is InChI=1S/C9H13NO/c1-6(2)9-8(5-11-10-9)7-3-4-7/h5-7H,3-4H2,1-2H3. The van der Waals surface area contributed by atoms with Gasteiger partial charge in [0.1, 0.15) is 6.26 Å². The van der Waals surface area contributed by atoms with Crippen molar-refractivity contribution >= 4 is 0 Å². The zero-order valence-electron chi connectivity index (χ0n) is 7.00. The lowest BCUT2D eigenvalue weighted by Crippen LogP contribution is -1.91. The minimum Gasteiger partial charge on any atom is -0.364 e. The molecule has 0 aliphatic heterocycles. The average Bonchev–Trinajstić information content (AvgIpc) is 2.68. The fourth-order valence-electron chi connectivity index (χ4n) is 1.39. The van der Waals surface area contributed by atoms with Crippen LogP contribution in [-0.4, -0.2) is 5.16 Å². The molecule has 1 saturated carbocycles. The molecule has 0 saturated heterocycles. The van der Waals surface area contributed by atoms with E-state index in [0.29, 0.717) is 5.92 Å². The fraction of sp³-hybridized carbons (Fsp3) is 0.667. The van der Waals surface area contributed by atoms with E-state index >= 15 is 0 Å². The average molecular weight is 151 g/mol. The van der Waals surface area contributed by atoms with Gasteiger partial charge in [0, 0.05) is 5.56 Å². The molecule has 60 valence electrons. The molecule has 2 nitrogen and oxygen atoms in total. The Balaban J connectivity index is 2.30. The van der Waals surface area contributed by atoms with E-state index < -0.39 is 0 Å². The maximum Gasteiger partial charge on any atom is 0.127 e. The number of nitrogens with zero attached hydrogens (tertiary/aromatic N) is 1. The van der Waals surface area contributed by atoms with Gasteiger partial charge in [0.25, 0.3) is 0 Å². The van der Waals surface area contributed by atoms with Crippen LogP contribution < -0.4 is 0 Å². The smallest absolute Gasteiger partial charge is 0.127 e. The van der Waals surface area contributed by atoms with Crippen molar-refractivity contribution in [3.63, 3.8) is 0 Å². The third-order valence-electron chi connectivity index (χ3n) is 2.19. The molecule has 1 aromatic heterocycles. The third-order valence-corrected chi connectivity index (χ3v) is 2.19. The van der Waals surface area contributed by atoms with Crippen molar-refractivity contribution in [2.24, 2.45) is 0 Å². The first kappa shape index (κ1) is 6.89. The molecule has 0 atom stereocenters. The van der Waals surface area contributed by atoms with Crippen LogP contribution in [0.2, 0.25) is 0 Å². The summed E-state index contributed by atoms with van der Waals surface area (Å²) in [6.45, 7) is 4.31. The number of hydrogen-bond acceptors (Lipinski definition) is 2. The van der Waals surface area contributed by atoms with Gasteiger partial charge in [-0.05, 0) is 24.7 Å². The lowest BCUT2D eigenvalue weighted by molar-refractivity contribution is 0.408. The number of aromatic nitrogens is 1. The van der Waals surface area contributed by atoms with E-state index in [4.69, 9.17) is 4.52 Å². The van der Waals surface area contributed by atoms with Gasteiger partial charge in [-0.15, -0.1) is 0 Å². The maximum absolute atomic E-state index is 4.96. The van der Waals surface area contributed by atoms with Crippen LogP contribution in [0, 0.1) is 0 Å². The molecule has 11 heavy (non-hydrogen) atoms. The van der Waals surface area contributed by atoms with Crippen LogP contribution in [0.25, 0.3) is 0 Å². The third kappa shape index (κ3) is 1.17. The molecule has 0 radical (unpaired) electrons. The highest BCUT2D eigenvalue weighted by molar-refractivity contribution is 5.26. The van der Waals surface area contributed by atoms with Crippen molar-refractivity contribution in [3.05, 3.63) is 17.5 Å². The molecule has 1 aromatic rings. The highest BCUT2D eigenvalue weighted by Crippen LogP contribution is 2.42. The van der Waals surface area contributed by atoms with Crippen LogP contribution in [0.3, 0.4) is 0 Å². The van der Waals surface area contributed by atoms with E-state index in [0.717, 1.165) is 11.6 Å². The lowest BCUT2D eigenvalue weighted by atomic mass is 10.0. The summed E-state index contributed by atoms with van der Waals surface area (Å²) in [5.74, 6) is 1.27.